The number of aromatic nitrogens is 1. The minimum Gasteiger partial charge on any atom is -0.493 e. The van der Waals surface area contributed by atoms with Gasteiger partial charge in [0.25, 0.3) is 10.0 Å². The summed E-state index contributed by atoms with van der Waals surface area (Å²) in [5.74, 6) is 0.404. The van der Waals surface area contributed by atoms with E-state index in [9.17, 15) is 18.0 Å². The maximum absolute atomic E-state index is 13.3. The molecule has 2 aliphatic heterocycles. The van der Waals surface area contributed by atoms with Crippen molar-refractivity contribution in [3.05, 3.63) is 41.6 Å². The van der Waals surface area contributed by atoms with Crippen LogP contribution in [-0.2, 0) is 19.6 Å². The number of rotatable bonds is 7. The summed E-state index contributed by atoms with van der Waals surface area (Å²) in [5, 5.41) is 2.85. The number of nitrogens with zero attached hydrogens (tertiary/aromatic N) is 3. The Hall–Kier alpha value is -2.76. The summed E-state index contributed by atoms with van der Waals surface area (Å²) in [5.41, 5.74) is 1.12. The molecular weight excluding hydrogens is 500 g/mol. The molecule has 2 saturated heterocycles. The first kappa shape index (κ1) is 26.3. The third-order valence-electron chi connectivity index (χ3n) is 6.77. The number of aryl methyl sites for hydroxylation is 1. The number of thiazole rings is 1. The number of likely N-dealkylation sites (tertiary alicyclic amines) is 1. The Morgan fingerprint density at radius 2 is 1.89 bits per heavy atom. The SMILES string of the molecule is CCOc1ccccc1/C=C/C(=O)N1CCC2(CC1)CCN(S(=O)(=O)c1sc(NC(C)=O)nc1C)C2. The molecule has 2 aromatic rings. The molecule has 9 nitrogen and oxygen atoms in total. The van der Waals surface area contributed by atoms with Crippen molar-refractivity contribution in [2.45, 2.75) is 44.2 Å². The van der Waals surface area contributed by atoms with E-state index in [1.54, 1.807) is 19.1 Å². The first-order valence-corrected chi connectivity index (χ1v) is 14.3. The topological polar surface area (TPSA) is 109 Å². The Bertz CT molecular complexity index is 1260. The number of hydrogen-bond donors (Lipinski definition) is 1. The lowest BCUT2D eigenvalue weighted by molar-refractivity contribution is -0.128. The molecule has 2 amide bonds. The van der Waals surface area contributed by atoms with Crippen LogP contribution in [0.2, 0.25) is 0 Å². The molecule has 0 atom stereocenters. The van der Waals surface area contributed by atoms with Gasteiger partial charge >= 0.3 is 0 Å². The van der Waals surface area contributed by atoms with Crippen molar-refractivity contribution in [2.24, 2.45) is 5.41 Å². The van der Waals surface area contributed by atoms with Gasteiger partial charge in [-0.05, 0) is 50.7 Å². The van der Waals surface area contributed by atoms with E-state index in [4.69, 9.17) is 4.74 Å². The zero-order chi connectivity index (χ0) is 25.9. The lowest BCUT2D eigenvalue weighted by atomic mass is 9.78. The van der Waals surface area contributed by atoms with E-state index >= 15 is 0 Å². The van der Waals surface area contributed by atoms with Crippen LogP contribution in [0.1, 0.15) is 44.4 Å². The summed E-state index contributed by atoms with van der Waals surface area (Å²) in [6.07, 6.45) is 5.65. The highest BCUT2D eigenvalue weighted by Crippen LogP contribution is 2.43. The highest BCUT2D eigenvalue weighted by Gasteiger charge is 2.45. The standard InChI is InChI=1S/C25H32N4O5S2/c1-4-34-21-8-6-5-7-20(21)9-10-22(31)28-14-11-25(12-15-28)13-16-29(17-25)36(32,33)23-18(2)26-24(35-23)27-19(3)30/h5-10H,4,11-17H2,1-3H3,(H,26,27,30)/b10-9+. The predicted octanol–water partition coefficient (Wildman–Crippen LogP) is 3.53. The molecule has 0 bridgehead atoms. The molecule has 1 aromatic carbocycles. The average Bonchev–Trinajstić information content (AvgIpc) is 3.43. The molecule has 3 heterocycles. The number of hydrogen-bond acceptors (Lipinski definition) is 7. The third kappa shape index (κ3) is 5.63. The minimum atomic E-state index is -3.70. The zero-order valence-corrected chi connectivity index (χ0v) is 22.5. The van der Waals surface area contributed by atoms with Crippen molar-refractivity contribution >= 4 is 44.4 Å². The molecule has 2 fully saturated rings. The van der Waals surface area contributed by atoms with Gasteiger partial charge in [0.1, 0.15) is 5.75 Å². The quantitative estimate of drug-likeness (QED) is 0.547. The number of para-hydroxylation sites is 1. The van der Waals surface area contributed by atoms with Gasteiger partial charge < -0.3 is 15.0 Å². The van der Waals surface area contributed by atoms with Gasteiger partial charge in [-0.1, -0.05) is 29.5 Å². The largest absolute Gasteiger partial charge is 0.493 e. The van der Waals surface area contributed by atoms with E-state index in [1.165, 1.54) is 11.2 Å². The first-order chi connectivity index (χ1) is 17.1. The summed E-state index contributed by atoms with van der Waals surface area (Å²) in [6, 6.07) is 7.60. The summed E-state index contributed by atoms with van der Waals surface area (Å²) in [4.78, 5) is 30.2. The fourth-order valence-corrected chi connectivity index (χ4v) is 7.97. The van der Waals surface area contributed by atoms with Gasteiger partial charge in [0.15, 0.2) is 9.34 Å². The maximum Gasteiger partial charge on any atom is 0.254 e. The van der Waals surface area contributed by atoms with Crippen molar-refractivity contribution in [3.8, 4) is 5.75 Å². The molecule has 4 rings (SSSR count). The Labute approximate surface area is 216 Å². The lowest BCUT2D eigenvalue weighted by Crippen LogP contribution is -2.44. The molecule has 1 N–H and O–H groups in total. The van der Waals surface area contributed by atoms with E-state index < -0.39 is 10.0 Å². The Balaban J connectivity index is 1.37. The Morgan fingerprint density at radius 3 is 2.58 bits per heavy atom. The number of carbonyl (C=O) groups excluding carboxylic acids is 2. The van der Waals surface area contributed by atoms with Crippen molar-refractivity contribution in [3.63, 3.8) is 0 Å². The molecule has 11 heteroatoms. The highest BCUT2D eigenvalue weighted by atomic mass is 32.2. The van der Waals surface area contributed by atoms with Crippen LogP contribution < -0.4 is 10.1 Å². The zero-order valence-electron chi connectivity index (χ0n) is 20.8. The second-order valence-corrected chi connectivity index (χ2v) is 12.4. The molecule has 36 heavy (non-hydrogen) atoms. The molecule has 1 aromatic heterocycles. The van der Waals surface area contributed by atoms with E-state index in [0.29, 0.717) is 38.5 Å². The van der Waals surface area contributed by atoms with Crippen molar-refractivity contribution in [1.82, 2.24) is 14.2 Å². The second-order valence-electron chi connectivity index (χ2n) is 9.29. The van der Waals surface area contributed by atoms with E-state index in [1.807, 2.05) is 36.1 Å². The number of anilines is 1. The summed E-state index contributed by atoms with van der Waals surface area (Å²) in [7, 11) is -3.70. The fraction of sp³-hybridized carbons (Fsp3) is 0.480. The second kappa shape index (κ2) is 10.7. The van der Waals surface area contributed by atoms with Gasteiger partial charge in [0.2, 0.25) is 11.8 Å². The lowest BCUT2D eigenvalue weighted by Gasteiger charge is -2.38. The Kier molecular flexibility index (Phi) is 7.82. The monoisotopic (exact) mass is 532 g/mol. The smallest absolute Gasteiger partial charge is 0.254 e. The van der Waals surface area contributed by atoms with Gasteiger partial charge in [0.05, 0.1) is 12.3 Å². The van der Waals surface area contributed by atoms with Crippen LogP contribution in [0.5, 0.6) is 5.75 Å². The van der Waals surface area contributed by atoms with Crippen LogP contribution in [0.15, 0.2) is 34.6 Å². The summed E-state index contributed by atoms with van der Waals surface area (Å²) in [6.45, 7) is 7.55. The van der Waals surface area contributed by atoms with Gasteiger partial charge in [-0.15, -0.1) is 0 Å². The maximum atomic E-state index is 13.3. The van der Waals surface area contributed by atoms with Gasteiger partial charge in [-0.25, -0.2) is 13.4 Å². The molecule has 0 saturated carbocycles. The molecule has 0 radical (unpaired) electrons. The Morgan fingerprint density at radius 1 is 1.19 bits per heavy atom. The molecule has 0 aliphatic carbocycles. The van der Waals surface area contributed by atoms with Crippen LogP contribution >= 0.6 is 11.3 Å². The third-order valence-corrected chi connectivity index (χ3v) is 10.3. The molecule has 1 spiro atoms. The van der Waals surface area contributed by atoms with Gasteiger partial charge in [0, 0.05) is 44.7 Å². The summed E-state index contributed by atoms with van der Waals surface area (Å²) < 4.78 is 34.0. The van der Waals surface area contributed by atoms with Crippen LogP contribution in [0.4, 0.5) is 5.13 Å². The van der Waals surface area contributed by atoms with Gasteiger partial charge in [-0.3, -0.25) is 9.59 Å². The van der Waals surface area contributed by atoms with Gasteiger partial charge in [-0.2, -0.15) is 4.31 Å². The molecule has 194 valence electrons. The number of piperidine rings is 1. The molecule has 2 aliphatic rings. The predicted molar refractivity (Wildman–Crippen MR) is 139 cm³/mol. The van der Waals surface area contributed by atoms with E-state index in [2.05, 4.69) is 10.3 Å². The van der Waals surface area contributed by atoms with Crippen LogP contribution in [-0.4, -0.2) is 67.2 Å². The number of nitrogens with one attached hydrogen (secondary N) is 1. The van der Waals surface area contributed by atoms with Crippen LogP contribution in [0, 0.1) is 12.3 Å². The fourth-order valence-electron chi connectivity index (χ4n) is 4.82. The number of benzene rings is 1. The molecular formula is C25H32N4O5S2. The van der Waals surface area contributed by atoms with E-state index in [-0.39, 0.29) is 26.6 Å². The van der Waals surface area contributed by atoms with Crippen molar-refractivity contribution < 1.29 is 22.7 Å². The van der Waals surface area contributed by atoms with Crippen molar-refractivity contribution in [2.75, 3.05) is 38.1 Å². The van der Waals surface area contributed by atoms with Crippen LogP contribution in [0.3, 0.4) is 0 Å². The number of ether oxygens (including phenoxy) is 1. The van der Waals surface area contributed by atoms with E-state index in [0.717, 1.165) is 41.9 Å². The number of carbonyl (C=O) groups is 2. The number of sulfonamides is 1. The van der Waals surface area contributed by atoms with Crippen LogP contribution in [0.25, 0.3) is 6.08 Å². The first-order valence-electron chi connectivity index (χ1n) is 12.1. The summed E-state index contributed by atoms with van der Waals surface area (Å²) >= 11 is 0.986. The highest BCUT2D eigenvalue weighted by molar-refractivity contribution is 7.91. The molecule has 0 unspecified atom stereocenters. The van der Waals surface area contributed by atoms with Crippen molar-refractivity contribution in [1.29, 1.82) is 0 Å². The normalized spacial score (nSPS) is 18.1. The number of amides is 2. The average molecular weight is 533 g/mol. The minimum absolute atomic E-state index is 0.0515.